The maximum Gasteiger partial charge on any atom is 0.410 e. The van der Waals surface area contributed by atoms with Gasteiger partial charge >= 0.3 is 12.1 Å². The summed E-state index contributed by atoms with van der Waals surface area (Å²) in [7, 11) is 0. The number of hydrogen-bond donors (Lipinski definition) is 1. The molecule has 0 radical (unpaired) electrons. The van der Waals surface area contributed by atoms with E-state index in [2.05, 4.69) is 6.58 Å². The number of carboxylic acid groups (broad SMARTS) is 1. The fourth-order valence-corrected chi connectivity index (χ4v) is 2.12. The van der Waals surface area contributed by atoms with Crippen molar-refractivity contribution in [3.63, 3.8) is 0 Å². The molecular weight excluding hydrogens is 265 g/mol. The van der Waals surface area contributed by atoms with Crippen molar-refractivity contribution in [2.24, 2.45) is 0 Å². The minimum Gasteiger partial charge on any atom is -0.478 e. The van der Waals surface area contributed by atoms with Crippen LogP contribution < -0.4 is 0 Å². The van der Waals surface area contributed by atoms with E-state index in [1.807, 2.05) is 0 Å². The Balaban J connectivity index is 2.20. The Morgan fingerprint density at radius 2 is 2.20 bits per heavy atom. The van der Waals surface area contributed by atoms with Crippen LogP contribution in [0.15, 0.2) is 24.8 Å². The zero-order valence-corrected chi connectivity index (χ0v) is 10.8. The van der Waals surface area contributed by atoms with E-state index in [4.69, 9.17) is 9.84 Å². The Morgan fingerprint density at radius 3 is 2.85 bits per heavy atom. The Kier molecular flexibility index (Phi) is 4.02. The number of amides is 1. The number of nitrogens with zero attached hydrogens (tertiary/aromatic N) is 1. The maximum absolute atomic E-state index is 13.6. The average molecular weight is 279 g/mol. The average Bonchev–Trinajstić information content (AvgIpc) is 2.43. The minimum atomic E-state index is -1.32. The number of ether oxygens (including phenoxy) is 1. The molecular formula is C14H14FNO4. The molecule has 0 saturated heterocycles. The van der Waals surface area contributed by atoms with Gasteiger partial charge in [-0.2, -0.15) is 0 Å². The summed E-state index contributed by atoms with van der Waals surface area (Å²) in [6.07, 6.45) is 1.44. The van der Waals surface area contributed by atoms with Crippen LogP contribution in [0.2, 0.25) is 0 Å². The van der Waals surface area contributed by atoms with Gasteiger partial charge in [0.05, 0.1) is 5.56 Å². The summed E-state index contributed by atoms with van der Waals surface area (Å²) < 4.78 is 18.5. The van der Waals surface area contributed by atoms with Crippen LogP contribution in [0.5, 0.6) is 0 Å². The molecule has 1 heterocycles. The first kappa shape index (κ1) is 14.0. The van der Waals surface area contributed by atoms with E-state index in [9.17, 15) is 14.0 Å². The van der Waals surface area contributed by atoms with Gasteiger partial charge in [-0.1, -0.05) is 12.7 Å². The number of hydrogen-bond acceptors (Lipinski definition) is 3. The van der Waals surface area contributed by atoms with Crippen molar-refractivity contribution in [2.45, 2.75) is 13.0 Å². The lowest BCUT2D eigenvalue weighted by molar-refractivity contribution is 0.0691. The van der Waals surface area contributed by atoms with Crippen molar-refractivity contribution in [1.82, 2.24) is 4.90 Å². The summed E-state index contributed by atoms with van der Waals surface area (Å²) in [5.74, 6) is -2.07. The first-order valence-electron chi connectivity index (χ1n) is 6.10. The number of carboxylic acids is 1. The minimum absolute atomic E-state index is 0.117. The van der Waals surface area contributed by atoms with Gasteiger partial charge in [0.15, 0.2) is 0 Å². The lowest BCUT2D eigenvalue weighted by Crippen LogP contribution is -2.36. The molecule has 0 atom stereocenters. The molecule has 1 aliphatic heterocycles. The highest BCUT2D eigenvalue weighted by Gasteiger charge is 2.24. The smallest absolute Gasteiger partial charge is 0.410 e. The molecule has 1 aromatic carbocycles. The van der Waals surface area contributed by atoms with Gasteiger partial charge in [0, 0.05) is 13.1 Å². The molecule has 2 rings (SSSR count). The van der Waals surface area contributed by atoms with E-state index >= 15 is 0 Å². The number of benzene rings is 1. The third kappa shape index (κ3) is 2.79. The Labute approximate surface area is 115 Å². The van der Waals surface area contributed by atoms with Gasteiger partial charge in [0.25, 0.3) is 0 Å². The zero-order valence-electron chi connectivity index (χ0n) is 10.8. The molecule has 20 heavy (non-hydrogen) atoms. The van der Waals surface area contributed by atoms with Crippen LogP contribution in [-0.4, -0.2) is 35.2 Å². The van der Waals surface area contributed by atoms with Crippen LogP contribution in [0.1, 0.15) is 21.5 Å². The van der Waals surface area contributed by atoms with Gasteiger partial charge < -0.3 is 14.7 Å². The van der Waals surface area contributed by atoms with Gasteiger partial charge in [-0.25, -0.2) is 14.0 Å². The van der Waals surface area contributed by atoms with E-state index in [1.54, 1.807) is 0 Å². The van der Waals surface area contributed by atoms with E-state index in [0.29, 0.717) is 18.5 Å². The molecule has 1 aliphatic rings. The SMILES string of the molecule is C=CCOC(=O)N1CCc2cc(F)c(C(=O)O)cc2C1. The fraction of sp³-hybridized carbons (Fsp3) is 0.286. The van der Waals surface area contributed by atoms with Crippen molar-refractivity contribution in [1.29, 1.82) is 0 Å². The Morgan fingerprint density at radius 1 is 1.45 bits per heavy atom. The molecule has 6 heteroatoms. The third-order valence-electron chi connectivity index (χ3n) is 3.11. The van der Waals surface area contributed by atoms with E-state index < -0.39 is 17.9 Å². The molecule has 106 valence electrons. The van der Waals surface area contributed by atoms with Gasteiger partial charge in [0.1, 0.15) is 12.4 Å². The lowest BCUT2D eigenvalue weighted by atomic mass is 9.97. The molecule has 0 aliphatic carbocycles. The second kappa shape index (κ2) is 5.73. The van der Waals surface area contributed by atoms with Gasteiger partial charge in [-0.3, -0.25) is 0 Å². The molecule has 5 nitrogen and oxygen atoms in total. The second-order valence-corrected chi connectivity index (χ2v) is 4.44. The summed E-state index contributed by atoms with van der Waals surface area (Å²) >= 11 is 0. The van der Waals surface area contributed by atoms with Crippen molar-refractivity contribution in [3.8, 4) is 0 Å². The van der Waals surface area contributed by atoms with Crippen molar-refractivity contribution in [2.75, 3.05) is 13.2 Å². The van der Waals surface area contributed by atoms with Gasteiger partial charge in [-0.15, -0.1) is 0 Å². The molecule has 1 N–H and O–H groups in total. The van der Waals surface area contributed by atoms with Gasteiger partial charge in [-0.05, 0) is 29.7 Å². The van der Waals surface area contributed by atoms with Crippen molar-refractivity contribution in [3.05, 3.63) is 47.3 Å². The standard InChI is InChI=1S/C14H14FNO4/c1-2-5-20-14(19)16-4-3-9-7-12(15)11(13(17)18)6-10(9)8-16/h2,6-7H,1,3-5,8H2,(H,17,18). The van der Waals surface area contributed by atoms with E-state index in [1.165, 1.54) is 23.1 Å². The highest BCUT2D eigenvalue weighted by atomic mass is 19.1. The van der Waals surface area contributed by atoms with Crippen LogP contribution in [0.3, 0.4) is 0 Å². The fourth-order valence-electron chi connectivity index (χ4n) is 2.12. The number of halogens is 1. The topological polar surface area (TPSA) is 66.8 Å². The van der Waals surface area contributed by atoms with Gasteiger partial charge in [0.2, 0.25) is 0 Å². The molecule has 0 fully saturated rings. The van der Waals surface area contributed by atoms with Crippen LogP contribution in [-0.2, 0) is 17.7 Å². The number of carbonyl (C=O) groups is 2. The number of fused-ring (bicyclic) bond motifs is 1. The number of carbonyl (C=O) groups excluding carboxylic acids is 1. The summed E-state index contributed by atoms with van der Waals surface area (Å²) in [5, 5.41) is 8.90. The molecule has 0 bridgehead atoms. The molecule has 0 spiro atoms. The largest absolute Gasteiger partial charge is 0.478 e. The summed E-state index contributed by atoms with van der Waals surface area (Å²) in [5.41, 5.74) is 0.968. The summed E-state index contributed by atoms with van der Waals surface area (Å²) in [6, 6.07) is 2.51. The number of aromatic carboxylic acids is 1. The van der Waals surface area contributed by atoms with Crippen LogP contribution in [0, 0.1) is 5.82 Å². The highest BCUT2D eigenvalue weighted by molar-refractivity contribution is 5.88. The quantitative estimate of drug-likeness (QED) is 0.861. The van der Waals surface area contributed by atoms with Crippen molar-refractivity contribution < 1.29 is 23.8 Å². The third-order valence-corrected chi connectivity index (χ3v) is 3.11. The maximum atomic E-state index is 13.6. The highest BCUT2D eigenvalue weighted by Crippen LogP contribution is 2.23. The zero-order chi connectivity index (χ0) is 14.7. The van der Waals surface area contributed by atoms with E-state index in [-0.39, 0.29) is 18.7 Å². The summed E-state index contributed by atoms with van der Waals surface area (Å²) in [6.45, 7) is 4.19. The normalized spacial score (nSPS) is 13.6. The van der Waals surface area contributed by atoms with E-state index in [0.717, 1.165) is 5.56 Å². The molecule has 1 aromatic rings. The second-order valence-electron chi connectivity index (χ2n) is 4.44. The number of rotatable bonds is 3. The molecule has 0 saturated carbocycles. The predicted molar refractivity (Wildman–Crippen MR) is 69.0 cm³/mol. The van der Waals surface area contributed by atoms with Crippen LogP contribution in [0.25, 0.3) is 0 Å². The summed E-state index contributed by atoms with van der Waals surface area (Å²) in [4.78, 5) is 24.1. The van der Waals surface area contributed by atoms with Crippen molar-refractivity contribution >= 4 is 12.1 Å². The van der Waals surface area contributed by atoms with Crippen LogP contribution >= 0.6 is 0 Å². The molecule has 1 amide bonds. The predicted octanol–water partition coefficient (Wildman–Crippen LogP) is 2.20. The van der Waals surface area contributed by atoms with Crippen LogP contribution in [0.4, 0.5) is 9.18 Å². The first-order chi connectivity index (χ1) is 9.52. The Bertz CT molecular complexity index is 571. The molecule has 0 unspecified atom stereocenters. The monoisotopic (exact) mass is 279 g/mol. The Hall–Kier alpha value is -2.37. The first-order valence-corrected chi connectivity index (χ1v) is 6.10. The lowest BCUT2D eigenvalue weighted by Gasteiger charge is -2.28. The molecule has 0 aromatic heterocycles.